The molecule has 26 heavy (non-hydrogen) atoms. The smallest absolute Gasteiger partial charge is 0.322 e. The number of anilines is 1. The third-order valence-electron chi connectivity index (χ3n) is 5.81. The van der Waals surface area contributed by atoms with Crippen molar-refractivity contribution in [1.29, 1.82) is 0 Å². The lowest BCUT2D eigenvalue weighted by Gasteiger charge is -2.41. The number of carbonyl (C=O) groups is 1. The summed E-state index contributed by atoms with van der Waals surface area (Å²) in [5, 5.41) is 3.26. The number of rotatable bonds is 2. The van der Waals surface area contributed by atoms with Crippen LogP contribution in [-0.4, -0.2) is 22.5 Å². The second kappa shape index (κ2) is 6.08. The molecule has 5 nitrogen and oxygen atoms in total. The molecule has 1 fully saturated rings. The number of benzene rings is 1. The Hall–Kier alpha value is -2.43. The number of fused-ring (bicyclic) bond motifs is 1. The van der Waals surface area contributed by atoms with E-state index in [0.717, 1.165) is 30.8 Å². The highest BCUT2D eigenvalue weighted by atomic mass is 16.2. The van der Waals surface area contributed by atoms with E-state index in [2.05, 4.69) is 48.2 Å². The molecule has 1 saturated carbocycles. The summed E-state index contributed by atoms with van der Waals surface area (Å²) in [6.07, 6.45) is 6.35. The van der Waals surface area contributed by atoms with E-state index < -0.39 is 5.54 Å². The molecule has 1 aromatic heterocycles. The average Bonchev–Trinajstić information content (AvgIpc) is 2.99. The highest BCUT2D eigenvalue weighted by Crippen LogP contribution is 2.46. The fraction of sp³-hybridized carbons (Fsp3) is 0.476. The van der Waals surface area contributed by atoms with Gasteiger partial charge in [-0.25, -0.2) is 14.8 Å². The lowest BCUT2D eigenvalue weighted by Crippen LogP contribution is -2.55. The summed E-state index contributed by atoms with van der Waals surface area (Å²) in [5.41, 5.74) is 1.96. The standard InChI is InChI=1S/C21H26N4O/c1-20(2,3)16-14-25(17-9-5-4-8-15(16)17)19(26)24-21(10-6-11-21)18-22-12-7-13-23-18/h4-5,7-9,12-13,16H,6,10-11,14H2,1-3H3,(H,24,26). The van der Waals surface area contributed by atoms with Crippen LogP contribution in [-0.2, 0) is 5.54 Å². The number of hydrogen-bond donors (Lipinski definition) is 1. The Kier molecular flexibility index (Phi) is 3.98. The van der Waals surface area contributed by atoms with E-state index in [1.165, 1.54) is 5.56 Å². The van der Waals surface area contributed by atoms with E-state index in [-0.39, 0.29) is 11.4 Å². The van der Waals surface area contributed by atoms with Gasteiger partial charge in [0.1, 0.15) is 5.54 Å². The first-order chi connectivity index (χ1) is 12.4. The summed E-state index contributed by atoms with van der Waals surface area (Å²) in [6, 6.07) is 10.0. The topological polar surface area (TPSA) is 58.1 Å². The lowest BCUT2D eigenvalue weighted by molar-refractivity contribution is 0.172. The van der Waals surface area contributed by atoms with Gasteiger partial charge in [0.15, 0.2) is 5.82 Å². The average molecular weight is 350 g/mol. The molecule has 136 valence electrons. The van der Waals surface area contributed by atoms with Gasteiger partial charge in [-0.15, -0.1) is 0 Å². The summed E-state index contributed by atoms with van der Waals surface area (Å²) in [6.45, 7) is 7.42. The van der Waals surface area contributed by atoms with Gasteiger partial charge in [-0.05, 0) is 42.4 Å². The van der Waals surface area contributed by atoms with Crippen molar-refractivity contribution in [2.24, 2.45) is 5.41 Å². The number of aromatic nitrogens is 2. The SMILES string of the molecule is CC(C)(C)C1CN(C(=O)NC2(c3ncccn3)CCC2)c2ccccc21. The van der Waals surface area contributed by atoms with E-state index in [0.29, 0.717) is 12.5 Å². The maximum atomic E-state index is 13.2. The number of nitrogens with zero attached hydrogens (tertiary/aromatic N) is 3. The molecule has 2 aromatic rings. The molecule has 1 N–H and O–H groups in total. The Morgan fingerprint density at radius 3 is 2.46 bits per heavy atom. The molecule has 0 bridgehead atoms. The van der Waals surface area contributed by atoms with Gasteiger partial charge >= 0.3 is 6.03 Å². The van der Waals surface area contributed by atoms with Gasteiger partial charge < -0.3 is 5.32 Å². The highest BCUT2D eigenvalue weighted by molar-refractivity contribution is 5.95. The maximum Gasteiger partial charge on any atom is 0.322 e. The second-order valence-electron chi connectivity index (χ2n) is 8.53. The second-order valence-corrected chi connectivity index (χ2v) is 8.53. The molecule has 4 rings (SSSR count). The Morgan fingerprint density at radius 2 is 1.85 bits per heavy atom. The molecule has 2 amide bonds. The number of amides is 2. The quantitative estimate of drug-likeness (QED) is 0.882. The molecule has 1 aromatic carbocycles. The van der Waals surface area contributed by atoms with Crippen molar-refractivity contribution in [2.45, 2.75) is 51.5 Å². The molecule has 5 heteroatoms. The van der Waals surface area contributed by atoms with Crippen LogP contribution < -0.4 is 10.2 Å². The zero-order valence-electron chi connectivity index (χ0n) is 15.7. The molecular weight excluding hydrogens is 324 g/mol. The van der Waals surface area contributed by atoms with Gasteiger partial charge in [-0.2, -0.15) is 0 Å². The van der Waals surface area contributed by atoms with Gasteiger partial charge in [0.25, 0.3) is 0 Å². The minimum atomic E-state index is -0.424. The highest BCUT2D eigenvalue weighted by Gasteiger charge is 2.45. The van der Waals surface area contributed by atoms with Crippen molar-refractivity contribution in [3.63, 3.8) is 0 Å². The van der Waals surface area contributed by atoms with Crippen LogP contribution in [0.2, 0.25) is 0 Å². The number of para-hydroxylation sites is 1. The van der Waals surface area contributed by atoms with Gasteiger partial charge in [0.05, 0.1) is 0 Å². The van der Waals surface area contributed by atoms with Crippen LogP contribution in [0, 0.1) is 5.41 Å². The van der Waals surface area contributed by atoms with E-state index in [9.17, 15) is 4.79 Å². The minimum Gasteiger partial charge on any atom is -0.325 e. The predicted octanol–water partition coefficient (Wildman–Crippen LogP) is 4.22. The monoisotopic (exact) mass is 350 g/mol. The fourth-order valence-electron chi connectivity index (χ4n) is 4.09. The van der Waals surface area contributed by atoms with Crippen LogP contribution in [0.15, 0.2) is 42.7 Å². The molecule has 1 aliphatic carbocycles. The van der Waals surface area contributed by atoms with E-state index >= 15 is 0 Å². The summed E-state index contributed by atoms with van der Waals surface area (Å²) < 4.78 is 0. The normalized spacial score (nSPS) is 21.0. The van der Waals surface area contributed by atoms with Crippen LogP contribution in [0.3, 0.4) is 0 Å². The maximum absolute atomic E-state index is 13.2. The number of urea groups is 1. The van der Waals surface area contributed by atoms with Crippen molar-refractivity contribution in [1.82, 2.24) is 15.3 Å². The van der Waals surface area contributed by atoms with E-state index in [4.69, 9.17) is 0 Å². The number of nitrogens with one attached hydrogen (secondary N) is 1. The van der Waals surface area contributed by atoms with Gasteiger partial charge in [0, 0.05) is 30.5 Å². The lowest BCUT2D eigenvalue weighted by atomic mass is 9.76. The van der Waals surface area contributed by atoms with Crippen LogP contribution in [0.1, 0.15) is 57.3 Å². The van der Waals surface area contributed by atoms with Crippen molar-refractivity contribution < 1.29 is 4.79 Å². The summed E-state index contributed by atoms with van der Waals surface area (Å²) in [5.74, 6) is 1.05. The molecule has 2 aliphatic rings. The number of hydrogen-bond acceptors (Lipinski definition) is 3. The zero-order valence-corrected chi connectivity index (χ0v) is 15.7. The van der Waals surface area contributed by atoms with Crippen LogP contribution in [0.4, 0.5) is 10.5 Å². The van der Waals surface area contributed by atoms with Crippen molar-refractivity contribution >= 4 is 11.7 Å². The third kappa shape index (κ3) is 2.75. The molecule has 1 unspecified atom stereocenters. The van der Waals surface area contributed by atoms with E-state index in [1.807, 2.05) is 23.1 Å². The first-order valence-corrected chi connectivity index (χ1v) is 9.37. The van der Waals surface area contributed by atoms with Gasteiger partial charge in [-0.1, -0.05) is 39.0 Å². The van der Waals surface area contributed by atoms with E-state index in [1.54, 1.807) is 12.4 Å². The molecule has 0 spiro atoms. The number of carbonyl (C=O) groups excluding carboxylic acids is 1. The summed E-state index contributed by atoms with van der Waals surface area (Å²) in [4.78, 5) is 23.9. The predicted molar refractivity (Wildman–Crippen MR) is 102 cm³/mol. The summed E-state index contributed by atoms with van der Waals surface area (Å²) in [7, 11) is 0. The first kappa shape index (κ1) is 17.0. The van der Waals surface area contributed by atoms with Gasteiger partial charge in [-0.3, -0.25) is 4.90 Å². The van der Waals surface area contributed by atoms with Crippen molar-refractivity contribution in [3.05, 3.63) is 54.1 Å². The summed E-state index contributed by atoms with van der Waals surface area (Å²) >= 11 is 0. The zero-order chi connectivity index (χ0) is 18.4. The minimum absolute atomic E-state index is 0.0450. The van der Waals surface area contributed by atoms with Gasteiger partial charge in [0.2, 0.25) is 0 Å². The molecule has 0 radical (unpaired) electrons. The molecular formula is C21H26N4O. The third-order valence-corrected chi connectivity index (χ3v) is 5.81. The van der Waals surface area contributed by atoms with Crippen LogP contribution in [0.5, 0.6) is 0 Å². The molecule has 2 heterocycles. The Labute approximate surface area is 154 Å². The van der Waals surface area contributed by atoms with Crippen molar-refractivity contribution in [3.8, 4) is 0 Å². The first-order valence-electron chi connectivity index (χ1n) is 9.37. The van der Waals surface area contributed by atoms with Crippen LogP contribution in [0.25, 0.3) is 0 Å². The Morgan fingerprint density at radius 1 is 1.15 bits per heavy atom. The largest absolute Gasteiger partial charge is 0.325 e. The molecule has 1 aliphatic heterocycles. The molecule has 1 atom stereocenters. The van der Waals surface area contributed by atoms with Crippen molar-refractivity contribution in [2.75, 3.05) is 11.4 Å². The van der Waals surface area contributed by atoms with Crippen LogP contribution >= 0.6 is 0 Å². The Bertz CT molecular complexity index is 808. The fourth-order valence-corrected chi connectivity index (χ4v) is 4.09. The Balaban J connectivity index is 1.61. The molecule has 0 saturated heterocycles.